The Hall–Kier alpha value is -5.39. The van der Waals surface area contributed by atoms with Crippen LogP contribution in [0.4, 0.5) is 29.2 Å². The summed E-state index contributed by atoms with van der Waals surface area (Å²) in [6, 6.07) is 9.37. The van der Waals surface area contributed by atoms with Crippen LogP contribution in [0.2, 0.25) is 0 Å². The highest BCUT2D eigenvalue weighted by Gasteiger charge is 2.39. The summed E-state index contributed by atoms with van der Waals surface area (Å²) in [5, 5.41) is 14.9. The van der Waals surface area contributed by atoms with Crippen molar-refractivity contribution in [2.75, 3.05) is 51.2 Å². The van der Waals surface area contributed by atoms with E-state index in [4.69, 9.17) is 10.5 Å². The number of nitrogens with zero attached hydrogens (tertiary/aromatic N) is 6. The number of aromatic nitrogens is 2. The molecule has 1 aromatic heterocycles. The molecule has 1 unspecified atom stereocenters. The van der Waals surface area contributed by atoms with Crippen molar-refractivity contribution in [3.8, 4) is 11.8 Å². The van der Waals surface area contributed by atoms with Gasteiger partial charge in [-0.25, -0.2) is 18.7 Å². The lowest BCUT2D eigenvalue weighted by atomic mass is 9.96. The second kappa shape index (κ2) is 20.2. The van der Waals surface area contributed by atoms with Crippen LogP contribution in [0, 0.1) is 23.6 Å². The zero-order chi connectivity index (χ0) is 45.6. The number of allylic oxidation sites excluding steroid dienone is 1. The van der Waals surface area contributed by atoms with Gasteiger partial charge in [-0.3, -0.25) is 24.7 Å². The summed E-state index contributed by atoms with van der Waals surface area (Å²) in [5.74, 6) is 4.94. The highest BCUT2D eigenvalue weighted by atomic mass is 32.2. The number of aliphatic imine (C=N–C) groups is 1. The maximum absolute atomic E-state index is 15.3. The number of piperidine rings is 3. The summed E-state index contributed by atoms with van der Waals surface area (Å²) in [6.45, 7) is 8.09. The number of nitrogens with one attached hydrogen (secondary N) is 2. The second-order valence-corrected chi connectivity index (χ2v) is 18.1. The summed E-state index contributed by atoms with van der Waals surface area (Å²) >= 11 is 1.46. The molecule has 3 saturated heterocycles. The standard InChI is InChI=1S/C45H51F4N9O5S/c1-44(2,62)27-51-23-31(22-50)40-35(45(47,48)49)24-52-43(55-40)53-37-8-6-33(21-36(37)46)64-57-17-11-29(12-18-57)25-56-15-13-32(14-16-56)63-19-3-4-28-5-7-34-30(20-28)26-58(42(34)61)38-9-10-39(59)54-41(38)60/h5-8,20-24,29,32,38,62H,9-19,25-27,50H2,1-2H3,(H,52,53,55)(H,54,59,60)/b31-22+,51-23?. The van der Waals surface area contributed by atoms with Crippen molar-refractivity contribution in [2.24, 2.45) is 16.6 Å². The Morgan fingerprint density at radius 3 is 2.53 bits per heavy atom. The highest BCUT2D eigenvalue weighted by molar-refractivity contribution is 7.97. The lowest BCUT2D eigenvalue weighted by Crippen LogP contribution is -2.52. The number of amides is 3. The van der Waals surface area contributed by atoms with E-state index < -0.39 is 40.8 Å². The topological polar surface area (TPSA) is 179 Å². The van der Waals surface area contributed by atoms with Crippen LogP contribution < -0.4 is 16.4 Å². The fraction of sp³-hybridized carbons (Fsp3) is 0.467. The zero-order valence-corrected chi connectivity index (χ0v) is 36.4. The zero-order valence-electron chi connectivity index (χ0n) is 35.6. The number of carbonyl (C=O) groups is 3. The Morgan fingerprint density at radius 1 is 1.08 bits per heavy atom. The molecule has 64 heavy (non-hydrogen) atoms. The molecule has 7 rings (SSSR count). The number of fused-ring (bicyclic) bond motifs is 1. The molecular weight excluding hydrogens is 855 g/mol. The average molecular weight is 906 g/mol. The third-order valence-electron chi connectivity index (χ3n) is 11.4. The van der Waals surface area contributed by atoms with E-state index in [2.05, 4.69) is 46.6 Å². The lowest BCUT2D eigenvalue weighted by molar-refractivity contribution is -0.138. The van der Waals surface area contributed by atoms with Gasteiger partial charge < -0.3 is 30.7 Å². The first-order valence-corrected chi connectivity index (χ1v) is 22.0. The average Bonchev–Trinajstić information content (AvgIpc) is 3.57. The Balaban J connectivity index is 0.824. The van der Waals surface area contributed by atoms with E-state index >= 15 is 4.39 Å². The van der Waals surface area contributed by atoms with E-state index in [0.29, 0.717) is 42.1 Å². The maximum Gasteiger partial charge on any atom is 0.419 e. The quantitative estimate of drug-likeness (QED) is 0.0555. The minimum atomic E-state index is -4.80. The minimum Gasteiger partial charge on any atom is -0.404 e. The normalized spacial score (nSPS) is 19.8. The van der Waals surface area contributed by atoms with Gasteiger partial charge in [-0.2, -0.15) is 13.2 Å². The van der Waals surface area contributed by atoms with E-state index in [1.165, 1.54) is 42.8 Å². The number of anilines is 2. The number of nitrogens with two attached hydrogens (primary N) is 1. The summed E-state index contributed by atoms with van der Waals surface area (Å²) in [7, 11) is 0. The number of hydrogen-bond donors (Lipinski definition) is 4. The van der Waals surface area contributed by atoms with Crippen molar-refractivity contribution < 1.29 is 41.8 Å². The van der Waals surface area contributed by atoms with Gasteiger partial charge in [0.25, 0.3) is 5.91 Å². The molecule has 3 amide bonds. The molecule has 0 spiro atoms. The summed E-state index contributed by atoms with van der Waals surface area (Å²) in [6.07, 6.45) is 2.32. The predicted molar refractivity (Wildman–Crippen MR) is 233 cm³/mol. The van der Waals surface area contributed by atoms with Crippen LogP contribution in [0.5, 0.6) is 0 Å². The molecule has 0 aliphatic carbocycles. The van der Waals surface area contributed by atoms with Crippen LogP contribution in [0.15, 0.2) is 58.7 Å². The van der Waals surface area contributed by atoms with Gasteiger partial charge in [0.1, 0.15) is 24.0 Å². The van der Waals surface area contributed by atoms with Crippen molar-refractivity contribution in [2.45, 2.75) is 87.7 Å². The lowest BCUT2D eigenvalue weighted by Gasteiger charge is -2.37. The van der Waals surface area contributed by atoms with Gasteiger partial charge in [0.05, 0.1) is 29.6 Å². The molecule has 14 nitrogen and oxygen atoms in total. The van der Waals surface area contributed by atoms with Gasteiger partial charge in [0.2, 0.25) is 17.8 Å². The largest absolute Gasteiger partial charge is 0.419 e. The predicted octanol–water partition coefficient (Wildman–Crippen LogP) is 5.53. The molecule has 4 aliphatic rings. The first-order chi connectivity index (χ1) is 30.5. The van der Waals surface area contributed by atoms with Crippen LogP contribution in [0.25, 0.3) is 5.57 Å². The molecule has 5 heterocycles. The van der Waals surface area contributed by atoms with Crippen molar-refractivity contribution in [3.63, 3.8) is 0 Å². The van der Waals surface area contributed by atoms with Gasteiger partial charge >= 0.3 is 6.18 Å². The van der Waals surface area contributed by atoms with Crippen LogP contribution in [-0.2, 0) is 27.0 Å². The van der Waals surface area contributed by atoms with Gasteiger partial charge in [0.15, 0.2) is 0 Å². The smallest absolute Gasteiger partial charge is 0.404 e. The monoisotopic (exact) mass is 905 g/mol. The molecule has 4 aliphatic heterocycles. The molecule has 19 heteroatoms. The van der Waals surface area contributed by atoms with Gasteiger partial charge in [-0.15, -0.1) is 0 Å². The van der Waals surface area contributed by atoms with E-state index in [0.717, 1.165) is 81.9 Å². The highest BCUT2D eigenvalue weighted by Crippen LogP contribution is 2.36. The molecule has 1 atom stereocenters. The molecule has 3 aromatic rings. The molecule has 340 valence electrons. The minimum absolute atomic E-state index is 0.0118. The molecule has 0 radical (unpaired) electrons. The Labute approximate surface area is 373 Å². The number of benzene rings is 2. The number of carbonyl (C=O) groups excluding carboxylic acids is 3. The number of aliphatic hydroxyl groups is 1. The van der Waals surface area contributed by atoms with Gasteiger partial charge in [0, 0.05) is 85.9 Å². The van der Waals surface area contributed by atoms with Crippen LogP contribution in [0.1, 0.15) is 85.1 Å². The molecule has 0 bridgehead atoms. The number of alkyl halides is 3. The van der Waals surface area contributed by atoms with E-state index in [-0.39, 0.29) is 48.1 Å². The number of halogens is 4. The Kier molecular flexibility index (Phi) is 14.7. The molecule has 3 fully saturated rings. The summed E-state index contributed by atoms with van der Waals surface area (Å²) < 4.78 is 65.3. The van der Waals surface area contributed by atoms with Crippen LogP contribution in [0.3, 0.4) is 0 Å². The summed E-state index contributed by atoms with van der Waals surface area (Å²) in [5.41, 5.74) is 4.74. The molecule has 5 N–H and O–H groups in total. The van der Waals surface area contributed by atoms with E-state index in [9.17, 15) is 32.7 Å². The first kappa shape index (κ1) is 46.6. The molecule has 2 aromatic carbocycles. The first-order valence-electron chi connectivity index (χ1n) is 21.2. The number of likely N-dealkylation sites (tertiary alicyclic amines) is 1. The van der Waals surface area contributed by atoms with Crippen molar-refractivity contribution in [3.05, 3.63) is 82.6 Å². The van der Waals surface area contributed by atoms with E-state index in [1.54, 1.807) is 18.2 Å². The van der Waals surface area contributed by atoms with Crippen LogP contribution in [-0.4, -0.2) is 117 Å². The van der Waals surface area contributed by atoms with Crippen molar-refractivity contribution in [1.82, 2.24) is 29.4 Å². The number of imide groups is 1. The maximum atomic E-state index is 15.3. The van der Waals surface area contributed by atoms with Crippen LogP contribution >= 0.6 is 11.9 Å². The van der Waals surface area contributed by atoms with E-state index in [1.807, 2.05) is 6.07 Å². The number of ether oxygens (including phenoxy) is 1. The fourth-order valence-corrected chi connectivity index (χ4v) is 9.08. The fourth-order valence-electron chi connectivity index (χ4n) is 8.10. The van der Waals surface area contributed by atoms with Crippen molar-refractivity contribution >= 4 is 53.1 Å². The molecule has 0 saturated carbocycles. The SMILES string of the molecule is CC(C)(O)CN=C/C(=C\N)c1nc(Nc2ccc(SN3CCC(CN4CCC(OCC#Cc5ccc6c(c5)CN(C5CCC(=O)NC5=O)C6=O)CC4)CC3)cc2F)ncc1C(F)(F)F. The Morgan fingerprint density at radius 2 is 1.84 bits per heavy atom. The number of hydrogen-bond acceptors (Lipinski definition) is 13. The van der Waals surface area contributed by atoms with Gasteiger partial charge in [-0.1, -0.05) is 11.8 Å². The third-order valence-corrected chi connectivity index (χ3v) is 12.5. The molecular formula is C45H51F4N9O5S. The van der Waals surface area contributed by atoms with Gasteiger partial charge in [-0.05, 0) is 106 Å². The number of rotatable bonds is 13. The van der Waals surface area contributed by atoms with Crippen molar-refractivity contribution in [1.29, 1.82) is 0 Å². The summed E-state index contributed by atoms with van der Waals surface area (Å²) in [4.78, 5) is 53.4. The third kappa shape index (κ3) is 12.0. The Bertz CT molecular complexity index is 2350. The second-order valence-electron chi connectivity index (χ2n) is 17.0.